The van der Waals surface area contributed by atoms with Gasteiger partial charge in [0.1, 0.15) is 5.75 Å². The Morgan fingerprint density at radius 1 is 1.05 bits per heavy atom. The molecule has 1 saturated heterocycles. The molecule has 1 heterocycles. The van der Waals surface area contributed by atoms with E-state index in [4.69, 9.17) is 4.74 Å². The fourth-order valence-corrected chi connectivity index (χ4v) is 2.69. The minimum atomic E-state index is 0.118. The summed E-state index contributed by atoms with van der Waals surface area (Å²) >= 11 is 0. The summed E-state index contributed by atoms with van der Waals surface area (Å²) in [5.41, 5.74) is 3.43. The van der Waals surface area contributed by atoms with Crippen molar-refractivity contribution in [1.82, 2.24) is 4.90 Å². The van der Waals surface area contributed by atoms with Crippen LogP contribution < -0.4 is 4.74 Å². The fourth-order valence-electron chi connectivity index (χ4n) is 2.69. The third-order valence-corrected chi connectivity index (χ3v) is 4.17. The third kappa shape index (κ3) is 3.53. The highest BCUT2D eigenvalue weighted by atomic mass is 16.5. The molecule has 3 nitrogen and oxygen atoms in total. The zero-order chi connectivity index (χ0) is 14.5. The number of ether oxygens (including phenoxy) is 1. The zero-order valence-corrected chi connectivity index (χ0v) is 12.9. The maximum atomic E-state index is 12.2. The third-order valence-electron chi connectivity index (χ3n) is 4.17. The number of hydrogen-bond acceptors (Lipinski definition) is 2. The Morgan fingerprint density at radius 2 is 1.65 bits per heavy atom. The number of benzene rings is 1. The Labute approximate surface area is 121 Å². The lowest BCUT2D eigenvalue weighted by Crippen LogP contribution is -2.35. The molecule has 0 spiro atoms. The van der Waals surface area contributed by atoms with Gasteiger partial charge in [-0.05, 0) is 50.3 Å². The summed E-state index contributed by atoms with van der Waals surface area (Å²) in [7, 11) is 0. The quantitative estimate of drug-likeness (QED) is 0.846. The standard InChI is InChI=1S/C17H25NO2/c1-13-8-9-14(2)17(15(13)3)20-12-16(19)18-10-6-4-5-7-11-18/h8-9H,4-7,10-12H2,1-3H3. The highest BCUT2D eigenvalue weighted by molar-refractivity contribution is 5.77. The van der Waals surface area contributed by atoms with Gasteiger partial charge < -0.3 is 9.64 Å². The lowest BCUT2D eigenvalue weighted by molar-refractivity contribution is -0.133. The molecule has 0 aromatic heterocycles. The average molecular weight is 275 g/mol. The van der Waals surface area contributed by atoms with Crippen molar-refractivity contribution in [3.05, 3.63) is 28.8 Å². The van der Waals surface area contributed by atoms with Crippen LogP contribution in [-0.4, -0.2) is 30.5 Å². The maximum absolute atomic E-state index is 12.2. The van der Waals surface area contributed by atoms with Crippen LogP contribution in [0.2, 0.25) is 0 Å². The van der Waals surface area contributed by atoms with Gasteiger partial charge in [0.15, 0.2) is 6.61 Å². The van der Waals surface area contributed by atoms with E-state index in [1.807, 2.05) is 24.8 Å². The van der Waals surface area contributed by atoms with Gasteiger partial charge >= 0.3 is 0 Å². The van der Waals surface area contributed by atoms with Crippen LogP contribution in [0.5, 0.6) is 5.75 Å². The normalized spacial score (nSPS) is 15.8. The van der Waals surface area contributed by atoms with E-state index in [0.717, 1.165) is 42.8 Å². The number of aryl methyl sites for hydroxylation is 2. The first-order valence-electron chi connectivity index (χ1n) is 7.57. The molecule has 0 atom stereocenters. The second kappa shape index (κ2) is 6.78. The van der Waals surface area contributed by atoms with Gasteiger partial charge in [-0.2, -0.15) is 0 Å². The number of carbonyl (C=O) groups is 1. The number of rotatable bonds is 3. The second-order valence-corrected chi connectivity index (χ2v) is 5.74. The lowest BCUT2D eigenvalue weighted by Gasteiger charge is -2.21. The van der Waals surface area contributed by atoms with Crippen LogP contribution in [0, 0.1) is 20.8 Å². The van der Waals surface area contributed by atoms with E-state index >= 15 is 0 Å². The Morgan fingerprint density at radius 3 is 2.30 bits per heavy atom. The first kappa shape index (κ1) is 14.9. The number of nitrogens with zero attached hydrogens (tertiary/aromatic N) is 1. The highest BCUT2D eigenvalue weighted by Gasteiger charge is 2.17. The highest BCUT2D eigenvalue weighted by Crippen LogP contribution is 2.25. The Kier molecular flexibility index (Phi) is 5.05. The van der Waals surface area contributed by atoms with Crippen molar-refractivity contribution in [2.45, 2.75) is 46.5 Å². The van der Waals surface area contributed by atoms with E-state index in [9.17, 15) is 4.79 Å². The molecule has 0 radical (unpaired) electrons. The second-order valence-electron chi connectivity index (χ2n) is 5.74. The van der Waals surface area contributed by atoms with E-state index in [1.165, 1.54) is 18.4 Å². The van der Waals surface area contributed by atoms with Gasteiger partial charge in [0.2, 0.25) is 0 Å². The fraction of sp³-hybridized carbons (Fsp3) is 0.588. The van der Waals surface area contributed by atoms with Crippen LogP contribution in [-0.2, 0) is 4.79 Å². The van der Waals surface area contributed by atoms with Gasteiger partial charge in [-0.25, -0.2) is 0 Å². The van der Waals surface area contributed by atoms with Crippen molar-refractivity contribution in [2.24, 2.45) is 0 Å². The van der Waals surface area contributed by atoms with Crippen molar-refractivity contribution in [3.63, 3.8) is 0 Å². The molecule has 110 valence electrons. The monoisotopic (exact) mass is 275 g/mol. The topological polar surface area (TPSA) is 29.5 Å². The van der Waals surface area contributed by atoms with Crippen molar-refractivity contribution in [3.8, 4) is 5.75 Å². The van der Waals surface area contributed by atoms with Crippen LogP contribution in [0.25, 0.3) is 0 Å². The van der Waals surface area contributed by atoms with Crippen molar-refractivity contribution < 1.29 is 9.53 Å². The molecule has 1 aliphatic rings. The van der Waals surface area contributed by atoms with Crippen molar-refractivity contribution in [1.29, 1.82) is 0 Å². The predicted octanol–water partition coefficient (Wildman–Crippen LogP) is 3.39. The smallest absolute Gasteiger partial charge is 0.260 e. The van der Waals surface area contributed by atoms with Crippen LogP contribution in [0.15, 0.2) is 12.1 Å². The molecule has 0 bridgehead atoms. The molecule has 0 aliphatic carbocycles. The molecule has 20 heavy (non-hydrogen) atoms. The molecule has 0 unspecified atom stereocenters. The Hall–Kier alpha value is -1.51. The van der Waals surface area contributed by atoms with Crippen molar-refractivity contribution in [2.75, 3.05) is 19.7 Å². The van der Waals surface area contributed by atoms with E-state index < -0.39 is 0 Å². The summed E-state index contributed by atoms with van der Waals surface area (Å²) in [6.45, 7) is 8.07. The molecule has 1 aliphatic heterocycles. The largest absolute Gasteiger partial charge is 0.483 e. The average Bonchev–Trinajstić information content (AvgIpc) is 2.72. The molecule has 1 aromatic carbocycles. The van der Waals surface area contributed by atoms with Crippen molar-refractivity contribution >= 4 is 5.91 Å². The van der Waals surface area contributed by atoms with Crippen LogP contribution in [0.3, 0.4) is 0 Å². The van der Waals surface area contributed by atoms with Crippen LogP contribution in [0.1, 0.15) is 42.4 Å². The molecule has 1 fully saturated rings. The predicted molar refractivity (Wildman–Crippen MR) is 81.2 cm³/mol. The SMILES string of the molecule is Cc1ccc(C)c(OCC(=O)N2CCCCCC2)c1C. The summed E-state index contributed by atoms with van der Waals surface area (Å²) in [4.78, 5) is 14.2. The minimum Gasteiger partial charge on any atom is -0.483 e. The van der Waals surface area contributed by atoms with E-state index in [-0.39, 0.29) is 12.5 Å². The summed E-state index contributed by atoms with van der Waals surface area (Å²) in [6.07, 6.45) is 4.71. The molecule has 0 saturated carbocycles. The molecule has 1 amide bonds. The zero-order valence-electron chi connectivity index (χ0n) is 12.9. The summed E-state index contributed by atoms with van der Waals surface area (Å²) in [6, 6.07) is 4.14. The first-order chi connectivity index (χ1) is 9.59. The Balaban J connectivity index is 1.98. The van der Waals surface area contributed by atoms with E-state index in [0.29, 0.717) is 0 Å². The molecule has 1 aromatic rings. The summed E-state index contributed by atoms with van der Waals surface area (Å²) in [5.74, 6) is 0.986. The van der Waals surface area contributed by atoms with Gasteiger partial charge in [-0.1, -0.05) is 25.0 Å². The number of hydrogen-bond donors (Lipinski definition) is 0. The van der Waals surface area contributed by atoms with Gasteiger partial charge in [0.25, 0.3) is 5.91 Å². The molecule has 2 rings (SSSR count). The minimum absolute atomic E-state index is 0.118. The summed E-state index contributed by atoms with van der Waals surface area (Å²) < 4.78 is 5.81. The van der Waals surface area contributed by atoms with Gasteiger partial charge in [0, 0.05) is 13.1 Å². The maximum Gasteiger partial charge on any atom is 0.260 e. The molecular formula is C17H25NO2. The van der Waals surface area contributed by atoms with Gasteiger partial charge in [-0.15, -0.1) is 0 Å². The first-order valence-corrected chi connectivity index (χ1v) is 7.57. The molecular weight excluding hydrogens is 250 g/mol. The number of amides is 1. The van der Waals surface area contributed by atoms with E-state index in [2.05, 4.69) is 13.0 Å². The Bertz CT molecular complexity index is 474. The lowest BCUT2D eigenvalue weighted by atomic mass is 10.1. The van der Waals surface area contributed by atoms with E-state index in [1.54, 1.807) is 0 Å². The number of likely N-dealkylation sites (tertiary alicyclic amines) is 1. The number of carbonyl (C=O) groups excluding carboxylic acids is 1. The van der Waals surface area contributed by atoms with Crippen LogP contribution >= 0.6 is 0 Å². The van der Waals surface area contributed by atoms with Gasteiger partial charge in [-0.3, -0.25) is 4.79 Å². The molecule has 0 N–H and O–H groups in total. The molecule has 3 heteroatoms. The van der Waals surface area contributed by atoms with Crippen LogP contribution in [0.4, 0.5) is 0 Å². The summed E-state index contributed by atoms with van der Waals surface area (Å²) in [5, 5.41) is 0. The van der Waals surface area contributed by atoms with Gasteiger partial charge in [0.05, 0.1) is 0 Å².